The molecule has 3 aromatic carbocycles. The number of hydrogen-bond donors (Lipinski definition) is 1. The molecule has 0 amide bonds. The van der Waals surface area contributed by atoms with Crippen molar-refractivity contribution in [3.05, 3.63) is 71.0 Å². The van der Waals surface area contributed by atoms with Crippen molar-refractivity contribution in [2.75, 3.05) is 0 Å². The standard InChI is InChI=1S/C17H13ClFNO/c18-14-8-9-16(13-6-2-1-5-12(13)14)21-17-11(10-20)4-3-7-15(17)19/h1-9H,10,20H2. The van der Waals surface area contributed by atoms with E-state index in [1.807, 2.05) is 24.3 Å². The summed E-state index contributed by atoms with van der Waals surface area (Å²) in [7, 11) is 0. The Hall–Kier alpha value is -2.10. The first kappa shape index (κ1) is 13.9. The molecule has 4 heteroatoms. The Morgan fingerprint density at radius 1 is 0.952 bits per heavy atom. The van der Waals surface area contributed by atoms with Gasteiger partial charge in [-0.3, -0.25) is 0 Å². The smallest absolute Gasteiger partial charge is 0.167 e. The van der Waals surface area contributed by atoms with Crippen LogP contribution in [-0.4, -0.2) is 0 Å². The van der Waals surface area contributed by atoms with Gasteiger partial charge in [-0.15, -0.1) is 0 Å². The quantitative estimate of drug-likeness (QED) is 0.748. The van der Waals surface area contributed by atoms with Gasteiger partial charge in [0.15, 0.2) is 11.6 Å². The fourth-order valence-corrected chi connectivity index (χ4v) is 2.49. The molecule has 0 radical (unpaired) electrons. The third-order valence-corrected chi connectivity index (χ3v) is 3.64. The summed E-state index contributed by atoms with van der Waals surface area (Å²) in [6, 6.07) is 15.8. The third kappa shape index (κ3) is 2.58. The summed E-state index contributed by atoms with van der Waals surface area (Å²) in [5.74, 6) is 0.277. The molecule has 0 bridgehead atoms. The highest BCUT2D eigenvalue weighted by Gasteiger charge is 2.12. The molecule has 0 aromatic heterocycles. The van der Waals surface area contributed by atoms with Crippen molar-refractivity contribution >= 4 is 22.4 Å². The van der Waals surface area contributed by atoms with Crippen molar-refractivity contribution in [1.82, 2.24) is 0 Å². The number of halogens is 2. The minimum absolute atomic E-state index is 0.160. The minimum atomic E-state index is -0.433. The maximum atomic E-state index is 14.0. The number of rotatable bonds is 3. The predicted molar refractivity (Wildman–Crippen MR) is 83.3 cm³/mol. The highest BCUT2D eigenvalue weighted by atomic mass is 35.5. The first-order chi connectivity index (χ1) is 10.2. The highest BCUT2D eigenvalue weighted by molar-refractivity contribution is 6.35. The first-order valence-electron chi connectivity index (χ1n) is 6.53. The monoisotopic (exact) mass is 301 g/mol. The number of nitrogens with two attached hydrogens (primary N) is 1. The van der Waals surface area contributed by atoms with Gasteiger partial charge in [0.25, 0.3) is 0 Å². The largest absolute Gasteiger partial charge is 0.453 e. The maximum Gasteiger partial charge on any atom is 0.167 e. The normalized spacial score (nSPS) is 10.8. The van der Waals surface area contributed by atoms with E-state index in [1.165, 1.54) is 6.07 Å². The van der Waals surface area contributed by atoms with Gasteiger partial charge in [0.2, 0.25) is 0 Å². The molecule has 0 saturated heterocycles. The Balaban J connectivity index is 2.13. The Labute approximate surface area is 126 Å². The van der Waals surface area contributed by atoms with E-state index in [4.69, 9.17) is 22.1 Å². The molecular weight excluding hydrogens is 289 g/mol. The molecule has 0 spiro atoms. The second-order valence-electron chi connectivity index (χ2n) is 4.63. The molecule has 0 atom stereocenters. The van der Waals surface area contributed by atoms with Crippen molar-refractivity contribution in [3.8, 4) is 11.5 Å². The van der Waals surface area contributed by atoms with Crippen LogP contribution in [0.3, 0.4) is 0 Å². The van der Waals surface area contributed by atoms with Crippen LogP contribution in [0.2, 0.25) is 5.02 Å². The van der Waals surface area contributed by atoms with Gasteiger partial charge < -0.3 is 10.5 Å². The Morgan fingerprint density at radius 3 is 2.48 bits per heavy atom. The van der Waals surface area contributed by atoms with Crippen molar-refractivity contribution in [1.29, 1.82) is 0 Å². The topological polar surface area (TPSA) is 35.2 Å². The highest BCUT2D eigenvalue weighted by Crippen LogP contribution is 2.36. The molecule has 106 valence electrons. The molecule has 3 rings (SSSR count). The van der Waals surface area contributed by atoms with Gasteiger partial charge in [0.05, 0.1) is 0 Å². The number of fused-ring (bicyclic) bond motifs is 1. The van der Waals surface area contributed by atoms with Gasteiger partial charge in [-0.2, -0.15) is 0 Å². The van der Waals surface area contributed by atoms with Crippen molar-refractivity contribution in [3.63, 3.8) is 0 Å². The third-order valence-electron chi connectivity index (χ3n) is 3.31. The zero-order valence-electron chi connectivity index (χ0n) is 11.1. The zero-order valence-corrected chi connectivity index (χ0v) is 11.9. The minimum Gasteiger partial charge on any atom is -0.453 e. The lowest BCUT2D eigenvalue weighted by Gasteiger charge is -2.13. The predicted octanol–water partition coefficient (Wildman–Crippen LogP) is 4.88. The van der Waals surface area contributed by atoms with E-state index >= 15 is 0 Å². The van der Waals surface area contributed by atoms with Gasteiger partial charge in [-0.05, 0) is 18.2 Å². The van der Waals surface area contributed by atoms with E-state index in [2.05, 4.69) is 0 Å². The lowest BCUT2D eigenvalue weighted by Crippen LogP contribution is -2.01. The van der Waals surface area contributed by atoms with Crippen LogP contribution in [0.4, 0.5) is 4.39 Å². The molecular formula is C17H13ClFNO. The molecule has 3 aromatic rings. The summed E-state index contributed by atoms with van der Waals surface area (Å²) in [6.07, 6.45) is 0. The summed E-state index contributed by atoms with van der Waals surface area (Å²) in [5.41, 5.74) is 6.26. The molecule has 2 nitrogen and oxygen atoms in total. The summed E-state index contributed by atoms with van der Waals surface area (Å²) >= 11 is 6.17. The zero-order chi connectivity index (χ0) is 14.8. The van der Waals surface area contributed by atoms with Gasteiger partial charge in [0.1, 0.15) is 5.75 Å². The maximum absolute atomic E-state index is 14.0. The van der Waals surface area contributed by atoms with Crippen molar-refractivity contribution in [2.45, 2.75) is 6.54 Å². The molecule has 21 heavy (non-hydrogen) atoms. The van der Waals surface area contributed by atoms with E-state index in [1.54, 1.807) is 24.3 Å². The summed E-state index contributed by atoms with van der Waals surface area (Å²) in [4.78, 5) is 0. The van der Waals surface area contributed by atoms with Crippen LogP contribution < -0.4 is 10.5 Å². The molecule has 0 unspecified atom stereocenters. The average Bonchev–Trinajstić information content (AvgIpc) is 2.52. The number of hydrogen-bond acceptors (Lipinski definition) is 2. The molecule has 0 aliphatic heterocycles. The number of benzene rings is 3. The average molecular weight is 302 g/mol. The first-order valence-corrected chi connectivity index (χ1v) is 6.91. The van der Waals surface area contributed by atoms with Gasteiger partial charge in [-0.1, -0.05) is 48.0 Å². The van der Waals surface area contributed by atoms with Crippen LogP contribution in [0.1, 0.15) is 5.56 Å². The van der Waals surface area contributed by atoms with E-state index in [-0.39, 0.29) is 12.3 Å². The van der Waals surface area contributed by atoms with Crippen molar-refractivity contribution < 1.29 is 9.13 Å². The Morgan fingerprint density at radius 2 is 1.71 bits per heavy atom. The Bertz CT molecular complexity index is 804. The SMILES string of the molecule is NCc1cccc(F)c1Oc1ccc(Cl)c2ccccc12. The van der Waals surface area contributed by atoms with Crippen LogP contribution in [-0.2, 0) is 6.54 Å². The Kier molecular flexibility index (Phi) is 3.78. The van der Waals surface area contributed by atoms with E-state index in [9.17, 15) is 4.39 Å². The lowest BCUT2D eigenvalue weighted by atomic mass is 10.1. The summed E-state index contributed by atoms with van der Waals surface area (Å²) < 4.78 is 19.8. The van der Waals surface area contributed by atoms with Crippen LogP contribution in [0.15, 0.2) is 54.6 Å². The summed E-state index contributed by atoms with van der Waals surface area (Å²) in [6.45, 7) is 0.207. The lowest BCUT2D eigenvalue weighted by molar-refractivity contribution is 0.440. The summed E-state index contributed by atoms with van der Waals surface area (Å²) in [5, 5.41) is 2.32. The van der Waals surface area contributed by atoms with Crippen LogP contribution in [0.25, 0.3) is 10.8 Å². The fraction of sp³-hybridized carbons (Fsp3) is 0.0588. The number of ether oxygens (including phenoxy) is 1. The molecule has 0 aliphatic rings. The molecule has 0 saturated carbocycles. The van der Waals surface area contributed by atoms with E-state index in [0.717, 1.165) is 10.8 Å². The van der Waals surface area contributed by atoms with Gasteiger partial charge in [0, 0.05) is 27.9 Å². The van der Waals surface area contributed by atoms with E-state index < -0.39 is 5.82 Å². The number of para-hydroxylation sites is 1. The fourth-order valence-electron chi connectivity index (χ4n) is 2.26. The molecule has 0 fully saturated rings. The second-order valence-corrected chi connectivity index (χ2v) is 5.03. The molecule has 0 aliphatic carbocycles. The van der Waals surface area contributed by atoms with Gasteiger partial charge >= 0.3 is 0 Å². The molecule has 2 N–H and O–H groups in total. The second kappa shape index (κ2) is 5.72. The van der Waals surface area contributed by atoms with Gasteiger partial charge in [-0.25, -0.2) is 4.39 Å². The van der Waals surface area contributed by atoms with E-state index in [0.29, 0.717) is 16.3 Å². The van der Waals surface area contributed by atoms with Crippen LogP contribution >= 0.6 is 11.6 Å². The molecule has 0 heterocycles. The van der Waals surface area contributed by atoms with Crippen LogP contribution in [0, 0.1) is 5.82 Å². The van der Waals surface area contributed by atoms with Crippen LogP contribution in [0.5, 0.6) is 11.5 Å². The van der Waals surface area contributed by atoms with Crippen molar-refractivity contribution in [2.24, 2.45) is 5.73 Å².